The lowest BCUT2D eigenvalue weighted by atomic mass is 10.1. The molecule has 2 heterocycles. The van der Waals surface area contributed by atoms with Crippen molar-refractivity contribution in [1.29, 1.82) is 0 Å². The number of sulfone groups is 1. The molecule has 0 bridgehead atoms. The van der Waals surface area contributed by atoms with E-state index < -0.39 is 9.84 Å². The normalized spacial score (nSPS) is 20.5. The van der Waals surface area contributed by atoms with Crippen molar-refractivity contribution in [3.8, 4) is 0 Å². The molecule has 0 spiro atoms. The largest absolute Gasteiger partial charge is 0.383 e. The fourth-order valence-corrected chi connectivity index (χ4v) is 5.00. The first kappa shape index (κ1) is 16.4. The minimum Gasteiger partial charge on any atom is -0.383 e. The zero-order valence-electron chi connectivity index (χ0n) is 12.2. The molecular formula is C13H22N4O2S2. The fraction of sp³-hybridized carbons (Fsp3) is 0.692. The van der Waals surface area contributed by atoms with E-state index in [0.717, 1.165) is 18.6 Å². The van der Waals surface area contributed by atoms with Crippen LogP contribution >= 0.6 is 11.8 Å². The minimum absolute atomic E-state index is 0.155. The standard InChI is InChI=1S/C13H22N4O2S2/c1-2-3-5-20-13-16-11(14)7-12(17-13)15-8-10-4-6-21(18,19)9-10/h7,10H,2-6,8-9H2,1H3,(H3,14,15,16,17)/t10-/m0/s1. The number of nitrogens with two attached hydrogens (primary N) is 1. The van der Waals surface area contributed by atoms with Crippen LogP contribution in [0.1, 0.15) is 26.2 Å². The third-order valence-corrected chi connectivity index (χ3v) is 6.12. The molecule has 1 aliphatic rings. The molecule has 6 nitrogen and oxygen atoms in total. The molecule has 0 radical (unpaired) electrons. The van der Waals surface area contributed by atoms with E-state index in [0.29, 0.717) is 35.5 Å². The molecule has 1 fully saturated rings. The maximum atomic E-state index is 11.4. The van der Waals surface area contributed by atoms with Crippen molar-refractivity contribution in [2.24, 2.45) is 5.92 Å². The Morgan fingerprint density at radius 3 is 2.95 bits per heavy atom. The second-order valence-electron chi connectivity index (χ2n) is 5.31. The average Bonchev–Trinajstić information content (AvgIpc) is 2.76. The summed E-state index contributed by atoms with van der Waals surface area (Å²) in [6.45, 7) is 2.75. The highest BCUT2D eigenvalue weighted by atomic mass is 32.2. The predicted molar refractivity (Wildman–Crippen MR) is 87.3 cm³/mol. The van der Waals surface area contributed by atoms with E-state index in [9.17, 15) is 8.42 Å². The van der Waals surface area contributed by atoms with Crippen LogP contribution in [0.3, 0.4) is 0 Å². The molecule has 3 N–H and O–H groups in total. The van der Waals surface area contributed by atoms with Crippen LogP contribution in [0.4, 0.5) is 11.6 Å². The van der Waals surface area contributed by atoms with E-state index in [1.54, 1.807) is 17.8 Å². The van der Waals surface area contributed by atoms with Gasteiger partial charge in [0.25, 0.3) is 0 Å². The summed E-state index contributed by atoms with van der Waals surface area (Å²) >= 11 is 1.59. The lowest BCUT2D eigenvalue weighted by molar-refractivity contribution is 0.595. The van der Waals surface area contributed by atoms with E-state index in [2.05, 4.69) is 22.2 Å². The molecule has 118 valence electrons. The SMILES string of the molecule is CCCCSc1nc(N)cc(NC[C@@H]2CCS(=O)(=O)C2)n1. The number of thioether (sulfide) groups is 1. The van der Waals surface area contributed by atoms with Gasteiger partial charge < -0.3 is 11.1 Å². The van der Waals surface area contributed by atoms with Gasteiger partial charge in [-0.2, -0.15) is 0 Å². The van der Waals surface area contributed by atoms with Crippen molar-refractivity contribution in [3.63, 3.8) is 0 Å². The monoisotopic (exact) mass is 330 g/mol. The summed E-state index contributed by atoms with van der Waals surface area (Å²) in [4.78, 5) is 8.62. The van der Waals surface area contributed by atoms with E-state index >= 15 is 0 Å². The zero-order valence-corrected chi connectivity index (χ0v) is 13.8. The Bertz CT molecular complexity index is 578. The maximum absolute atomic E-state index is 11.4. The van der Waals surface area contributed by atoms with Crippen LogP contribution in [-0.4, -0.2) is 42.2 Å². The number of aromatic nitrogens is 2. The van der Waals surface area contributed by atoms with E-state index in [-0.39, 0.29) is 11.7 Å². The van der Waals surface area contributed by atoms with Gasteiger partial charge in [-0.05, 0) is 18.8 Å². The van der Waals surface area contributed by atoms with Crippen molar-refractivity contribution >= 4 is 33.2 Å². The van der Waals surface area contributed by atoms with Gasteiger partial charge in [0.1, 0.15) is 11.6 Å². The van der Waals surface area contributed by atoms with E-state index in [4.69, 9.17) is 5.73 Å². The number of rotatable bonds is 7. The molecule has 8 heteroatoms. The summed E-state index contributed by atoms with van der Waals surface area (Å²) in [6.07, 6.45) is 2.97. The van der Waals surface area contributed by atoms with Gasteiger partial charge in [-0.15, -0.1) is 0 Å². The van der Waals surface area contributed by atoms with Crippen LogP contribution in [0.15, 0.2) is 11.2 Å². The van der Waals surface area contributed by atoms with Crippen LogP contribution < -0.4 is 11.1 Å². The average molecular weight is 330 g/mol. The van der Waals surface area contributed by atoms with E-state index in [1.165, 1.54) is 0 Å². The maximum Gasteiger partial charge on any atom is 0.191 e. The number of nitrogens with zero attached hydrogens (tertiary/aromatic N) is 2. The third kappa shape index (κ3) is 5.35. The Hall–Kier alpha value is -1.02. The minimum atomic E-state index is -2.83. The van der Waals surface area contributed by atoms with Crippen LogP contribution in [0, 0.1) is 5.92 Å². The first-order chi connectivity index (χ1) is 9.98. The smallest absolute Gasteiger partial charge is 0.191 e. The summed E-state index contributed by atoms with van der Waals surface area (Å²) in [6, 6.07) is 1.69. The summed E-state index contributed by atoms with van der Waals surface area (Å²) < 4.78 is 22.9. The Kier molecular flexibility index (Phi) is 5.69. The number of hydrogen-bond donors (Lipinski definition) is 2. The van der Waals surface area contributed by atoms with Crippen molar-refractivity contribution in [2.45, 2.75) is 31.3 Å². The molecule has 0 amide bonds. The summed E-state index contributed by atoms with van der Waals surface area (Å²) in [7, 11) is -2.83. The number of hydrogen-bond acceptors (Lipinski definition) is 7. The lowest BCUT2D eigenvalue weighted by Gasteiger charge is -2.11. The highest BCUT2D eigenvalue weighted by Gasteiger charge is 2.27. The summed E-state index contributed by atoms with van der Waals surface area (Å²) in [5, 5.41) is 3.86. The molecule has 1 aromatic heterocycles. The second-order valence-corrected chi connectivity index (χ2v) is 8.60. The predicted octanol–water partition coefficient (Wildman–Crippen LogP) is 1.80. The van der Waals surface area contributed by atoms with Gasteiger partial charge in [0.15, 0.2) is 15.0 Å². The van der Waals surface area contributed by atoms with Crippen molar-refractivity contribution in [2.75, 3.05) is 34.9 Å². The Morgan fingerprint density at radius 1 is 1.48 bits per heavy atom. The van der Waals surface area contributed by atoms with Gasteiger partial charge in [-0.3, -0.25) is 0 Å². The highest BCUT2D eigenvalue weighted by Crippen LogP contribution is 2.21. The molecule has 1 saturated heterocycles. The summed E-state index contributed by atoms with van der Waals surface area (Å²) in [5.41, 5.74) is 5.79. The topological polar surface area (TPSA) is 98.0 Å². The van der Waals surface area contributed by atoms with Crippen molar-refractivity contribution in [3.05, 3.63) is 6.07 Å². The van der Waals surface area contributed by atoms with Crippen LogP contribution in [-0.2, 0) is 9.84 Å². The van der Waals surface area contributed by atoms with Crippen molar-refractivity contribution < 1.29 is 8.42 Å². The Labute approximate surface area is 130 Å². The molecule has 2 rings (SSSR count). The molecule has 1 aliphatic heterocycles. The molecule has 1 atom stereocenters. The quantitative estimate of drug-likeness (QED) is 0.447. The first-order valence-corrected chi connectivity index (χ1v) is 10.0. The molecule has 0 unspecified atom stereocenters. The zero-order chi connectivity index (χ0) is 15.3. The molecule has 1 aromatic rings. The molecule has 0 aliphatic carbocycles. The number of anilines is 2. The Morgan fingerprint density at radius 2 is 2.29 bits per heavy atom. The molecule has 21 heavy (non-hydrogen) atoms. The lowest BCUT2D eigenvalue weighted by Crippen LogP contribution is -2.16. The number of nitrogen functional groups attached to an aromatic ring is 1. The molecule has 0 aromatic carbocycles. The van der Waals surface area contributed by atoms with Gasteiger partial charge in [0.05, 0.1) is 11.5 Å². The van der Waals surface area contributed by atoms with Gasteiger partial charge >= 0.3 is 0 Å². The second kappa shape index (κ2) is 7.31. The number of nitrogens with one attached hydrogen (secondary N) is 1. The van der Waals surface area contributed by atoms with Crippen LogP contribution in [0.25, 0.3) is 0 Å². The molecular weight excluding hydrogens is 308 g/mol. The van der Waals surface area contributed by atoms with Gasteiger partial charge in [0.2, 0.25) is 0 Å². The van der Waals surface area contributed by atoms with Crippen LogP contribution in [0.2, 0.25) is 0 Å². The number of unbranched alkanes of at least 4 members (excludes halogenated alkanes) is 1. The van der Waals surface area contributed by atoms with E-state index in [1.807, 2.05) is 0 Å². The van der Waals surface area contributed by atoms with Gasteiger partial charge in [0, 0.05) is 18.4 Å². The fourth-order valence-electron chi connectivity index (χ4n) is 2.19. The van der Waals surface area contributed by atoms with Gasteiger partial charge in [-0.1, -0.05) is 25.1 Å². The Balaban J connectivity index is 1.90. The van der Waals surface area contributed by atoms with Crippen molar-refractivity contribution in [1.82, 2.24) is 9.97 Å². The summed E-state index contributed by atoms with van der Waals surface area (Å²) in [5.74, 6) is 2.79. The first-order valence-electron chi connectivity index (χ1n) is 7.20. The molecule has 0 saturated carbocycles. The van der Waals surface area contributed by atoms with Crippen LogP contribution in [0.5, 0.6) is 0 Å². The third-order valence-electron chi connectivity index (χ3n) is 3.35. The highest BCUT2D eigenvalue weighted by molar-refractivity contribution is 7.99. The van der Waals surface area contributed by atoms with Gasteiger partial charge in [-0.25, -0.2) is 18.4 Å².